The molecule has 1 atom stereocenters. The lowest BCUT2D eigenvalue weighted by Gasteiger charge is -2.45. The van der Waals surface area contributed by atoms with Crippen molar-refractivity contribution >= 4 is 65.2 Å². The topological polar surface area (TPSA) is 28.3 Å². The van der Waals surface area contributed by atoms with Crippen molar-refractivity contribution < 1.29 is 9.47 Å². The summed E-state index contributed by atoms with van der Waals surface area (Å²) in [5.41, 5.74) is 22.1. The third kappa shape index (κ3) is 5.78. The molecule has 398 valence electrons. The van der Waals surface area contributed by atoms with Crippen molar-refractivity contribution in [1.82, 2.24) is 9.13 Å². The van der Waals surface area contributed by atoms with Crippen molar-refractivity contribution in [2.24, 2.45) is 0 Å². The van der Waals surface area contributed by atoms with Gasteiger partial charge in [0.05, 0.1) is 44.3 Å². The Labute approximate surface area is 495 Å². The van der Waals surface area contributed by atoms with Gasteiger partial charge in [-0.05, 0) is 127 Å². The summed E-state index contributed by atoms with van der Waals surface area (Å²) in [6, 6.07) is 108. The fourth-order valence-corrected chi connectivity index (χ4v) is 16.3. The van der Waals surface area contributed by atoms with Gasteiger partial charge in [-0.3, -0.25) is 0 Å². The molecule has 0 fully saturated rings. The summed E-state index contributed by atoms with van der Waals surface area (Å²) in [4.78, 5) is 0. The molecule has 0 amide bonds. The molecule has 86 heavy (non-hydrogen) atoms. The Morgan fingerprint density at radius 1 is 0.233 bits per heavy atom. The van der Waals surface area contributed by atoms with Gasteiger partial charge in [-0.1, -0.05) is 231 Å². The Bertz CT molecular complexity index is 5580. The molecule has 4 nitrogen and oxygen atoms in total. The highest BCUT2D eigenvalue weighted by atomic mass is 16.5. The molecule has 0 saturated carbocycles. The summed E-state index contributed by atoms with van der Waals surface area (Å²) in [6.45, 7) is 0. The van der Waals surface area contributed by atoms with Crippen LogP contribution in [0.1, 0.15) is 44.5 Å². The summed E-state index contributed by atoms with van der Waals surface area (Å²) in [5.74, 6) is 3.52. The van der Waals surface area contributed by atoms with Crippen LogP contribution >= 0.6 is 0 Å². The van der Waals surface area contributed by atoms with Gasteiger partial charge in [-0.15, -0.1) is 0 Å². The molecule has 0 aliphatic carbocycles. The lowest BCUT2D eigenvalue weighted by molar-refractivity contribution is 0.434. The van der Waals surface area contributed by atoms with Crippen LogP contribution in [0.4, 0.5) is 0 Å². The van der Waals surface area contributed by atoms with Crippen LogP contribution in [0.15, 0.2) is 291 Å². The van der Waals surface area contributed by atoms with Crippen LogP contribution in [-0.2, 0) is 10.8 Å². The minimum Gasteiger partial charge on any atom is -0.457 e. The van der Waals surface area contributed by atoms with Crippen LogP contribution in [0.2, 0.25) is 0 Å². The summed E-state index contributed by atoms with van der Waals surface area (Å²) in [7, 11) is 0. The number of ether oxygens (including phenoxy) is 2. The highest BCUT2D eigenvalue weighted by Gasteiger charge is 2.53. The van der Waals surface area contributed by atoms with Gasteiger partial charge in [0, 0.05) is 54.6 Å². The van der Waals surface area contributed by atoms with Crippen LogP contribution in [0.3, 0.4) is 0 Å². The number of hydrogen-bond acceptors (Lipinski definition) is 2. The van der Waals surface area contributed by atoms with E-state index in [0.29, 0.717) is 0 Å². The molecule has 0 saturated heterocycles. The first-order valence-corrected chi connectivity index (χ1v) is 29.8. The Kier molecular flexibility index (Phi) is 9.02. The molecule has 4 aliphatic rings. The molecule has 2 spiro atoms. The summed E-state index contributed by atoms with van der Waals surface area (Å²) < 4.78 is 19.8. The Morgan fingerprint density at radius 2 is 0.663 bits per heavy atom. The predicted octanol–water partition coefficient (Wildman–Crippen LogP) is 20.8. The molecule has 6 heterocycles. The summed E-state index contributed by atoms with van der Waals surface area (Å²) in [6.07, 6.45) is 0. The van der Waals surface area contributed by atoms with E-state index >= 15 is 0 Å². The molecule has 1 unspecified atom stereocenters. The highest BCUT2D eigenvalue weighted by Crippen LogP contribution is 2.64. The zero-order valence-corrected chi connectivity index (χ0v) is 46.4. The van der Waals surface area contributed by atoms with Crippen LogP contribution in [-0.4, -0.2) is 9.13 Å². The van der Waals surface area contributed by atoms with Gasteiger partial charge in [0.1, 0.15) is 23.0 Å². The molecule has 4 aliphatic heterocycles. The van der Waals surface area contributed by atoms with Crippen molar-refractivity contribution in [3.63, 3.8) is 0 Å². The fraction of sp³-hybridized carbons (Fsp3) is 0.0244. The Balaban J connectivity index is 0.830. The molecule has 4 heteroatoms. The van der Waals surface area contributed by atoms with Crippen LogP contribution in [0.5, 0.6) is 23.0 Å². The number of nitrogens with zero attached hydrogens (tertiary/aromatic N) is 2. The SMILES string of the molecule is c1ccc(-c2ccc3c(c2)C2(c4cc(-c5ccccc5)ccc4O3)c3ccccc3-n3c4ccc(-c5ccc6ccc7c(c6c5)Oc5c(ccc6ccccc56)C75c6ccccc6-n6c7ccccc7c7cccc5c76)cc4c4cccc2c43)cc1. The predicted molar refractivity (Wildman–Crippen MR) is 350 cm³/mol. The van der Waals surface area contributed by atoms with E-state index in [9.17, 15) is 0 Å². The molecular formula is C82H48N2O2. The van der Waals surface area contributed by atoms with Crippen molar-refractivity contribution in [2.75, 3.05) is 0 Å². The molecule has 20 rings (SSSR count). The number of rotatable bonds is 3. The lowest BCUT2D eigenvalue weighted by Crippen LogP contribution is -2.38. The van der Waals surface area contributed by atoms with Crippen LogP contribution < -0.4 is 9.47 Å². The number of para-hydroxylation sites is 5. The Morgan fingerprint density at radius 3 is 1.30 bits per heavy atom. The number of hydrogen-bond donors (Lipinski definition) is 0. The van der Waals surface area contributed by atoms with Crippen LogP contribution in [0.25, 0.3) is 110 Å². The average Bonchev–Trinajstić information content (AvgIpc) is 1.15. The maximum absolute atomic E-state index is 7.63. The first-order chi connectivity index (χ1) is 42.6. The van der Waals surface area contributed by atoms with Gasteiger partial charge in [0.15, 0.2) is 0 Å². The molecule has 0 N–H and O–H groups in total. The standard InChI is InChI=1S/C82H48N2O2/c1-3-17-49(18-4-1)55-38-43-75-69(47-55)82(70-48-56(39-44-76(70)85-75)50-19-5-2-6-20-50)64-27-11-14-32-74(64)84-72-42-37-54(46-62(72)60-25-16-29-66(82)78(60)84)53-34-33-52-36-41-68-80(61(52)45-53)86-79-57-22-8-7-21-51(57)35-40-67(79)81(68)63-26-10-13-31-73(63)83-71-30-12-9-23-58(71)59-24-15-28-65(81)77(59)83/h1-48H. The molecular weight excluding hydrogens is 1040 g/mol. The molecule has 0 bridgehead atoms. The molecule has 2 aromatic heterocycles. The monoisotopic (exact) mass is 1090 g/mol. The maximum atomic E-state index is 7.63. The molecule has 16 aromatic rings. The van der Waals surface area contributed by atoms with E-state index in [0.717, 1.165) is 111 Å². The zero-order chi connectivity index (χ0) is 56.0. The van der Waals surface area contributed by atoms with E-state index in [1.54, 1.807) is 0 Å². The third-order valence-corrected chi connectivity index (χ3v) is 19.8. The van der Waals surface area contributed by atoms with Crippen molar-refractivity contribution in [2.45, 2.75) is 10.8 Å². The quantitative estimate of drug-likeness (QED) is 0.176. The third-order valence-electron chi connectivity index (χ3n) is 19.8. The minimum absolute atomic E-state index is 0.715. The largest absolute Gasteiger partial charge is 0.457 e. The van der Waals surface area contributed by atoms with Gasteiger partial charge in [0.2, 0.25) is 0 Å². The Hall–Kier alpha value is -11.2. The average molecular weight is 1090 g/mol. The van der Waals surface area contributed by atoms with Gasteiger partial charge < -0.3 is 18.6 Å². The number of fused-ring (bicyclic) bond motifs is 26. The number of aromatic nitrogens is 2. The van der Waals surface area contributed by atoms with Crippen molar-refractivity contribution in [1.29, 1.82) is 0 Å². The second-order valence-corrected chi connectivity index (χ2v) is 23.8. The molecule has 0 radical (unpaired) electrons. The van der Waals surface area contributed by atoms with E-state index in [-0.39, 0.29) is 0 Å². The summed E-state index contributed by atoms with van der Waals surface area (Å²) >= 11 is 0. The van der Waals surface area contributed by atoms with E-state index in [4.69, 9.17) is 9.47 Å². The normalized spacial score (nSPS) is 15.3. The minimum atomic E-state index is -0.749. The van der Waals surface area contributed by atoms with E-state index in [1.165, 1.54) is 66.0 Å². The van der Waals surface area contributed by atoms with Gasteiger partial charge in [-0.2, -0.15) is 0 Å². The van der Waals surface area contributed by atoms with Crippen molar-refractivity contribution in [3.8, 4) is 67.8 Å². The first kappa shape index (κ1) is 46.3. The molecule has 14 aromatic carbocycles. The van der Waals surface area contributed by atoms with E-state index in [1.807, 2.05) is 0 Å². The van der Waals surface area contributed by atoms with E-state index in [2.05, 4.69) is 300 Å². The summed E-state index contributed by atoms with van der Waals surface area (Å²) in [5, 5.41) is 9.35. The second kappa shape index (κ2) is 16.8. The lowest BCUT2D eigenvalue weighted by atomic mass is 9.61. The van der Waals surface area contributed by atoms with Gasteiger partial charge >= 0.3 is 0 Å². The van der Waals surface area contributed by atoms with Gasteiger partial charge in [-0.25, -0.2) is 0 Å². The van der Waals surface area contributed by atoms with Crippen LogP contribution in [0, 0.1) is 0 Å². The second-order valence-electron chi connectivity index (χ2n) is 23.8. The number of benzene rings is 14. The maximum Gasteiger partial charge on any atom is 0.140 e. The van der Waals surface area contributed by atoms with Gasteiger partial charge in [0.25, 0.3) is 0 Å². The zero-order valence-electron chi connectivity index (χ0n) is 46.4. The smallest absolute Gasteiger partial charge is 0.140 e. The van der Waals surface area contributed by atoms with E-state index < -0.39 is 10.8 Å². The first-order valence-electron chi connectivity index (χ1n) is 29.8. The highest BCUT2D eigenvalue weighted by molar-refractivity contribution is 6.15. The van der Waals surface area contributed by atoms with Crippen molar-refractivity contribution in [3.05, 3.63) is 336 Å². The fourth-order valence-electron chi connectivity index (χ4n) is 16.3.